The summed E-state index contributed by atoms with van der Waals surface area (Å²) in [4.78, 5) is 26.7. The molecule has 1 fully saturated rings. The molecule has 1 aromatic carbocycles. The second-order valence-electron chi connectivity index (χ2n) is 8.67. The molecule has 174 valence electrons. The highest BCUT2D eigenvalue weighted by molar-refractivity contribution is 5.84. The van der Waals surface area contributed by atoms with Crippen molar-refractivity contribution < 1.29 is 18.0 Å². The van der Waals surface area contributed by atoms with Crippen molar-refractivity contribution in [2.24, 2.45) is 5.41 Å². The minimum absolute atomic E-state index is 0.0595. The number of likely N-dealkylation sites (tertiary alicyclic amines) is 1. The molecule has 32 heavy (non-hydrogen) atoms. The van der Waals surface area contributed by atoms with E-state index in [4.69, 9.17) is 0 Å². The molecule has 1 saturated heterocycles. The maximum absolute atomic E-state index is 14.0. The average molecular weight is 451 g/mol. The van der Waals surface area contributed by atoms with Gasteiger partial charge in [-0.15, -0.1) is 0 Å². The highest BCUT2D eigenvalue weighted by atomic mass is 19.4. The van der Waals surface area contributed by atoms with E-state index in [-0.39, 0.29) is 38.3 Å². The van der Waals surface area contributed by atoms with Gasteiger partial charge in [0.05, 0.1) is 0 Å². The number of hydrogen-bond acceptors (Lipinski definition) is 4. The van der Waals surface area contributed by atoms with Crippen LogP contribution in [0.3, 0.4) is 0 Å². The van der Waals surface area contributed by atoms with Crippen LogP contribution in [0.1, 0.15) is 37.1 Å². The summed E-state index contributed by atoms with van der Waals surface area (Å²) in [6.07, 6.45) is -1.87. The zero-order chi connectivity index (χ0) is 22.8. The summed E-state index contributed by atoms with van der Waals surface area (Å²) in [6.45, 7) is 1.20. The van der Waals surface area contributed by atoms with E-state index in [1.807, 2.05) is 30.3 Å². The fraction of sp³-hybridized carbons (Fsp3) is 0.591. The topological polar surface area (TPSA) is 72.2 Å². The van der Waals surface area contributed by atoms with Gasteiger partial charge in [-0.3, -0.25) is 14.3 Å². The molecule has 1 aromatic heterocycles. The van der Waals surface area contributed by atoms with Gasteiger partial charge in [0.2, 0.25) is 5.91 Å². The van der Waals surface area contributed by atoms with E-state index in [0.717, 1.165) is 30.7 Å². The first kappa shape index (κ1) is 22.6. The van der Waals surface area contributed by atoms with Gasteiger partial charge in [0.1, 0.15) is 5.82 Å². The van der Waals surface area contributed by atoms with E-state index >= 15 is 0 Å². The molecule has 0 radical (unpaired) electrons. The van der Waals surface area contributed by atoms with E-state index in [9.17, 15) is 22.8 Å². The van der Waals surface area contributed by atoms with Gasteiger partial charge in [0.25, 0.3) is 0 Å². The van der Waals surface area contributed by atoms with Gasteiger partial charge in [0, 0.05) is 39.1 Å². The van der Waals surface area contributed by atoms with Crippen molar-refractivity contribution in [2.45, 2.75) is 57.9 Å². The Kier molecular flexibility index (Phi) is 6.41. The summed E-state index contributed by atoms with van der Waals surface area (Å²) in [5, 5.41) is 6.79. The Morgan fingerprint density at radius 1 is 1.16 bits per heavy atom. The Morgan fingerprint density at radius 3 is 2.66 bits per heavy atom. The number of hydrogen-bond donors (Lipinski definition) is 1. The predicted octanol–water partition coefficient (Wildman–Crippen LogP) is 2.34. The number of aromatic nitrogens is 3. The van der Waals surface area contributed by atoms with Crippen molar-refractivity contribution in [1.82, 2.24) is 24.6 Å². The smallest absolute Gasteiger partial charge is 0.355 e. The number of fused-ring (bicyclic) bond motifs is 1. The molecule has 10 heteroatoms. The van der Waals surface area contributed by atoms with Crippen molar-refractivity contribution in [3.8, 4) is 0 Å². The molecule has 0 bridgehead atoms. The monoisotopic (exact) mass is 451 g/mol. The fourth-order valence-electron chi connectivity index (χ4n) is 4.60. The molecule has 0 spiro atoms. The average Bonchev–Trinajstić information content (AvgIpc) is 3.34. The summed E-state index contributed by atoms with van der Waals surface area (Å²) < 4.78 is 45.0. The Hall–Kier alpha value is -2.62. The molecule has 4 rings (SSSR count). The van der Waals surface area contributed by atoms with Crippen LogP contribution in [-0.4, -0.2) is 51.0 Å². The second kappa shape index (κ2) is 9.09. The number of alkyl halides is 3. The lowest BCUT2D eigenvalue weighted by molar-refractivity contribution is -0.218. The number of carbonyl (C=O) groups excluding carboxylic acids is 1. The molecule has 2 aliphatic heterocycles. The molecule has 1 amide bonds. The Morgan fingerprint density at radius 2 is 1.94 bits per heavy atom. The maximum atomic E-state index is 14.0. The lowest BCUT2D eigenvalue weighted by Crippen LogP contribution is -2.52. The molecule has 1 unspecified atom stereocenters. The zero-order valence-electron chi connectivity index (χ0n) is 17.9. The second-order valence-corrected chi connectivity index (χ2v) is 8.67. The van der Waals surface area contributed by atoms with Crippen molar-refractivity contribution in [1.29, 1.82) is 0 Å². The molecular weight excluding hydrogens is 423 g/mol. The van der Waals surface area contributed by atoms with Crippen LogP contribution >= 0.6 is 0 Å². The maximum Gasteiger partial charge on any atom is 0.404 e. The van der Waals surface area contributed by atoms with Crippen molar-refractivity contribution in [3.05, 3.63) is 52.2 Å². The van der Waals surface area contributed by atoms with E-state index in [2.05, 4.69) is 10.4 Å². The van der Waals surface area contributed by atoms with Crippen LogP contribution in [0.15, 0.2) is 35.1 Å². The molecule has 2 aromatic rings. The highest BCUT2D eigenvalue weighted by Crippen LogP contribution is 2.46. The third kappa shape index (κ3) is 4.46. The number of rotatable bonds is 7. The van der Waals surface area contributed by atoms with Gasteiger partial charge in [0.15, 0.2) is 5.41 Å². The number of benzene rings is 1. The van der Waals surface area contributed by atoms with Gasteiger partial charge in [-0.2, -0.15) is 18.3 Å². The van der Waals surface area contributed by atoms with Crippen LogP contribution in [0.2, 0.25) is 0 Å². The first-order valence-electron chi connectivity index (χ1n) is 11.1. The van der Waals surface area contributed by atoms with Crippen LogP contribution in [0, 0.1) is 5.41 Å². The number of amides is 1. The first-order valence-corrected chi connectivity index (χ1v) is 11.1. The zero-order valence-corrected chi connectivity index (χ0v) is 17.9. The molecule has 1 N–H and O–H groups in total. The molecule has 3 heterocycles. The van der Waals surface area contributed by atoms with Gasteiger partial charge in [-0.05, 0) is 37.8 Å². The van der Waals surface area contributed by atoms with Crippen LogP contribution in [-0.2, 0) is 30.8 Å². The molecular formula is C22H28F3N5O2. The quantitative estimate of drug-likeness (QED) is 0.656. The SMILES string of the molecule is O=C(NCCCn1nc2n(c1=O)CCCC2)C1(C(F)(F)F)CCN(Cc2ccccc2)C1. The van der Waals surface area contributed by atoms with Crippen molar-refractivity contribution in [3.63, 3.8) is 0 Å². The Labute approximate surface area is 184 Å². The van der Waals surface area contributed by atoms with E-state index in [0.29, 0.717) is 19.5 Å². The Balaban J connectivity index is 1.34. The van der Waals surface area contributed by atoms with Crippen LogP contribution in [0.25, 0.3) is 0 Å². The summed E-state index contributed by atoms with van der Waals surface area (Å²) in [7, 11) is 0. The number of carbonyl (C=O) groups is 1. The first-order chi connectivity index (χ1) is 15.3. The van der Waals surface area contributed by atoms with Gasteiger partial charge < -0.3 is 5.32 Å². The summed E-state index contributed by atoms with van der Waals surface area (Å²) in [6, 6.07) is 9.27. The van der Waals surface area contributed by atoms with E-state index in [1.54, 1.807) is 9.47 Å². The molecule has 7 nitrogen and oxygen atoms in total. The normalized spacial score (nSPS) is 21.5. The lowest BCUT2D eigenvalue weighted by Gasteiger charge is -2.30. The molecule has 2 aliphatic rings. The third-order valence-corrected chi connectivity index (χ3v) is 6.44. The highest BCUT2D eigenvalue weighted by Gasteiger charge is 2.62. The molecule has 1 atom stereocenters. The number of nitrogens with one attached hydrogen (secondary N) is 1. The summed E-state index contributed by atoms with van der Waals surface area (Å²) >= 11 is 0. The van der Waals surface area contributed by atoms with Crippen molar-refractivity contribution >= 4 is 5.91 Å². The van der Waals surface area contributed by atoms with Crippen LogP contribution in [0.5, 0.6) is 0 Å². The minimum atomic E-state index is -4.64. The lowest BCUT2D eigenvalue weighted by atomic mass is 9.85. The largest absolute Gasteiger partial charge is 0.404 e. The Bertz CT molecular complexity index is 1000. The van der Waals surface area contributed by atoms with Gasteiger partial charge >= 0.3 is 11.9 Å². The fourth-order valence-corrected chi connectivity index (χ4v) is 4.60. The van der Waals surface area contributed by atoms with Crippen LogP contribution in [0.4, 0.5) is 13.2 Å². The number of aryl methyl sites for hydroxylation is 2. The van der Waals surface area contributed by atoms with Crippen molar-refractivity contribution in [2.75, 3.05) is 19.6 Å². The van der Waals surface area contributed by atoms with Crippen LogP contribution < -0.4 is 11.0 Å². The van der Waals surface area contributed by atoms with Gasteiger partial charge in [-0.1, -0.05) is 30.3 Å². The van der Waals surface area contributed by atoms with E-state index < -0.39 is 17.5 Å². The van der Waals surface area contributed by atoms with E-state index in [1.165, 1.54) is 4.68 Å². The number of nitrogens with zero attached hydrogens (tertiary/aromatic N) is 4. The number of halogens is 3. The van der Waals surface area contributed by atoms with Gasteiger partial charge in [-0.25, -0.2) is 9.48 Å². The minimum Gasteiger partial charge on any atom is -0.355 e. The molecule has 0 aliphatic carbocycles. The summed E-state index contributed by atoms with van der Waals surface area (Å²) in [5.74, 6) is -0.234. The third-order valence-electron chi connectivity index (χ3n) is 6.44. The predicted molar refractivity (Wildman–Crippen MR) is 112 cm³/mol. The molecule has 0 saturated carbocycles. The summed E-state index contributed by atoms with van der Waals surface area (Å²) in [5.41, 5.74) is -1.68. The standard InChI is InChI=1S/C22H28F3N5O2/c23-22(24,25)21(10-14-28(16-21)15-17-7-2-1-3-8-17)19(31)26-11-6-13-30-20(32)29-12-5-4-9-18(29)27-30/h1-3,7-8H,4-6,9-16H2,(H,26,31).